The van der Waals surface area contributed by atoms with Crippen molar-refractivity contribution in [2.75, 3.05) is 19.8 Å². The third-order valence-corrected chi connectivity index (χ3v) is 3.45. The summed E-state index contributed by atoms with van der Waals surface area (Å²) in [6.45, 7) is 1.31. The Morgan fingerprint density at radius 3 is 3.10 bits per heavy atom. The summed E-state index contributed by atoms with van der Waals surface area (Å²) in [6, 6.07) is 1.30. The van der Waals surface area contributed by atoms with Crippen LogP contribution in [0, 0.1) is 0 Å². The zero-order chi connectivity index (χ0) is 14.1. The Labute approximate surface area is 119 Å². The molecule has 2 aromatic heterocycles. The van der Waals surface area contributed by atoms with Gasteiger partial charge in [0.1, 0.15) is 11.7 Å². The summed E-state index contributed by atoms with van der Waals surface area (Å²) in [7, 11) is 1.78. The molecule has 1 aliphatic heterocycles. The van der Waals surface area contributed by atoms with E-state index < -0.39 is 0 Å². The maximum atomic E-state index is 12.6. The number of rotatable bonds is 2. The van der Waals surface area contributed by atoms with Crippen molar-refractivity contribution in [3.8, 4) is 0 Å². The number of nitrogens with one attached hydrogen (secondary N) is 1. The number of tetrazole rings is 1. The second kappa shape index (κ2) is 5.22. The lowest BCUT2D eigenvalue weighted by molar-refractivity contribution is -0.00569. The summed E-state index contributed by atoms with van der Waals surface area (Å²) in [4.78, 5) is 14.3. The Morgan fingerprint density at radius 2 is 2.45 bits per heavy atom. The standard InChI is InChI=1S/C11H13ClN6O2/c1-17-5-7(12)4-8(17)11(19)18-2-3-20-6-9(18)10-13-15-16-14-10/h4-5,9H,2-3,6H2,1H3,(H,13,14,15,16). The number of carbonyl (C=O) groups excluding carboxylic acids is 1. The lowest BCUT2D eigenvalue weighted by Crippen LogP contribution is -2.44. The minimum Gasteiger partial charge on any atom is -0.377 e. The maximum Gasteiger partial charge on any atom is 0.271 e. The maximum absolute atomic E-state index is 12.6. The number of H-pyrrole nitrogens is 1. The SMILES string of the molecule is Cn1cc(Cl)cc1C(=O)N1CCOCC1c1nn[nH]n1. The van der Waals surface area contributed by atoms with E-state index in [2.05, 4.69) is 20.6 Å². The van der Waals surface area contributed by atoms with Crippen LogP contribution in [0.15, 0.2) is 12.3 Å². The molecule has 1 N–H and O–H groups in total. The first-order valence-electron chi connectivity index (χ1n) is 6.10. The largest absolute Gasteiger partial charge is 0.377 e. The number of nitrogens with zero attached hydrogens (tertiary/aromatic N) is 5. The average Bonchev–Trinajstić information content (AvgIpc) is 3.07. The summed E-state index contributed by atoms with van der Waals surface area (Å²) >= 11 is 5.93. The molecule has 106 valence electrons. The normalized spacial score (nSPS) is 19.3. The van der Waals surface area contributed by atoms with Crippen LogP contribution in [0.3, 0.4) is 0 Å². The van der Waals surface area contributed by atoms with Gasteiger partial charge < -0.3 is 14.2 Å². The van der Waals surface area contributed by atoms with Crippen molar-refractivity contribution in [3.63, 3.8) is 0 Å². The van der Waals surface area contributed by atoms with Gasteiger partial charge in [-0.3, -0.25) is 4.79 Å². The molecule has 1 saturated heterocycles. The number of aromatic nitrogens is 5. The number of amides is 1. The Hall–Kier alpha value is -1.93. The quantitative estimate of drug-likeness (QED) is 0.867. The second-order valence-corrected chi connectivity index (χ2v) is 4.95. The Kier molecular flexibility index (Phi) is 3.41. The number of aryl methyl sites for hydroxylation is 1. The van der Waals surface area contributed by atoms with E-state index >= 15 is 0 Å². The fourth-order valence-electron chi connectivity index (χ4n) is 2.26. The molecule has 0 radical (unpaired) electrons. The fourth-order valence-corrected chi connectivity index (χ4v) is 2.51. The summed E-state index contributed by atoms with van der Waals surface area (Å²) in [6.07, 6.45) is 1.69. The summed E-state index contributed by atoms with van der Waals surface area (Å²) in [5.74, 6) is 0.316. The van der Waals surface area contributed by atoms with Crippen LogP contribution in [0.2, 0.25) is 5.02 Å². The summed E-state index contributed by atoms with van der Waals surface area (Å²) < 4.78 is 7.11. The van der Waals surface area contributed by atoms with Gasteiger partial charge >= 0.3 is 0 Å². The van der Waals surface area contributed by atoms with E-state index in [1.807, 2.05) is 0 Å². The number of hydrogen-bond donors (Lipinski definition) is 1. The van der Waals surface area contributed by atoms with Crippen molar-refractivity contribution in [2.45, 2.75) is 6.04 Å². The van der Waals surface area contributed by atoms with Crippen molar-refractivity contribution < 1.29 is 9.53 Å². The van der Waals surface area contributed by atoms with Crippen molar-refractivity contribution in [2.24, 2.45) is 7.05 Å². The smallest absolute Gasteiger partial charge is 0.271 e. The van der Waals surface area contributed by atoms with Crippen molar-refractivity contribution in [3.05, 3.63) is 28.8 Å². The van der Waals surface area contributed by atoms with E-state index in [-0.39, 0.29) is 11.9 Å². The minimum absolute atomic E-state index is 0.127. The topological polar surface area (TPSA) is 88.9 Å². The molecule has 0 aliphatic carbocycles. The molecular weight excluding hydrogens is 284 g/mol. The van der Waals surface area contributed by atoms with Crippen LogP contribution in [-0.2, 0) is 11.8 Å². The highest BCUT2D eigenvalue weighted by molar-refractivity contribution is 6.31. The molecule has 3 heterocycles. The highest BCUT2D eigenvalue weighted by Crippen LogP contribution is 2.24. The molecule has 1 aliphatic rings. The van der Waals surface area contributed by atoms with Crippen LogP contribution in [-0.4, -0.2) is 55.8 Å². The number of aromatic amines is 1. The summed E-state index contributed by atoms with van der Waals surface area (Å²) in [5.41, 5.74) is 0.519. The van der Waals surface area contributed by atoms with E-state index in [0.29, 0.717) is 36.3 Å². The number of morpholine rings is 1. The number of halogens is 1. The highest BCUT2D eigenvalue weighted by atomic mass is 35.5. The minimum atomic E-state index is -0.344. The van der Waals surface area contributed by atoms with Gasteiger partial charge in [0.05, 0.1) is 18.2 Å². The molecule has 1 amide bonds. The molecule has 20 heavy (non-hydrogen) atoms. The number of hydrogen-bond acceptors (Lipinski definition) is 5. The van der Waals surface area contributed by atoms with E-state index in [1.165, 1.54) is 0 Å². The van der Waals surface area contributed by atoms with E-state index in [4.69, 9.17) is 16.3 Å². The van der Waals surface area contributed by atoms with Gasteiger partial charge in [-0.15, -0.1) is 10.2 Å². The molecule has 0 aromatic carbocycles. The first-order chi connectivity index (χ1) is 9.66. The van der Waals surface area contributed by atoms with Gasteiger partial charge in [0.15, 0.2) is 5.82 Å². The van der Waals surface area contributed by atoms with Gasteiger partial charge in [-0.1, -0.05) is 16.8 Å². The third kappa shape index (κ3) is 2.27. The van der Waals surface area contributed by atoms with Crippen LogP contribution in [0.25, 0.3) is 0 Å². The molecule has 1 unspecified atom stereocenters. The molecule has 1 atom stereocenters. The molecule has 9 heteroatoms. The zero-order valence-corrected chi connectivity index (χ0v) is 11.5. The average molecular weight is 297 g/mol. The fraction of sp³-hybridized carbons (Fsp3) is 0.455. The third-order valence-electron chi connectivity index (χ3n) is 3.24. The predicted octanol–water partition coefficient (Wildman–Crippen LogP) is 0.405. The molecule has 8 nitrogen and oxygen atoms in total. The van der Waals surface area contributed by atoms with Crippen LogP contribution in [0.5, 0.6) is 0 Å². The lowest BCUT2D eigenvalue weighted by Gasteiger charge is -2.33. The second-order valence-electron chi connectivity index (χ2n) is 4.51. The molecule has 1 fully saturated rings. The molecule has 0 spiro atoms. The molecule has 0 saturated carbocycles. The van der Waals surface area contributed by atoms with Gasteiger partial charge in [0.25, 0.3) is 5.91 Å². The van der Waals surface area contributed by atoms with Gasteiger partial charge in [-0.05, 0) is 6.07 Å². The number of ether oxygens (including phenoxy) is 1. The first-order valence-corrected chi connectivity index (χ1v) is 6.48. The Balaban J connectivity index is 1.90. The van der Waals surface area contributed by atoms with Gasteiger partial charge in [0.2, 0.25) is 0 Å². The first kappa shape index (κ1) is 13.1. The summed E-state index contributed by atoms with van der Waals surface area (Å²) in [5, 5.41) is 14.3. The van der Waals surface area contributed by atoms with E-state index in [0.717, 1.165) is 0 Å². The van der Waals surface area contributed by atoms with Crippen molar-refractivity contribution >= 4 is 17.5 Å². The highest BCUT2D eigenvalue weighted by Gasteiger charge is 2.33. The van der Waals surface area contributed by atoms with Crippen molar-refractivity contribution in [1.29, 1.82) is 0 Å². The van der Waals surface area contributed by atoms with E-state index in [9.17, 15) is 4.79 Å². The van der Waals surface area contributed by atoms with E-state index in [1.54, 1.807) is 28.8 Å². The predicted molar refractivity (Wildman–Crippen MR) is 69.2 cm³/mol. The van der Waals surface area contributed by atoms with Crippen LogP contribution >= 0.6 is 11.6 Å². The molecule has 3 rings (SSSR count). The molecule has 0 bridgehead atoms. The van der Waals surface area contributed by atoms with Gasteiger partial charge in [-0.2, -0.15) is 5.21 Å². The Morgan fingerprint density at radius 1 is 1.60 bits per heavy atom. The van der Waals surface area contributed by atoms with Gasteiger partial charge in [0, 0.05) is 19.8 Å². The lowest BCUT2D eigenvalue weighted by atomic mass is 10.2. The van der Waals surface area contributed by atoms with Gasteiger partial charge in [-0.25, -0.2) is 0 Å². The van der Waals surface area contributed by atoms with Crippen molar-refractivity contribution in [1.82, 2.24) is 30.1 Å². The zero-order valence-electron chi connectivity index (χ0n) is 10.8. The molecule has 2 aromatic rings. The Bertz CT molecular complexity index is 610. The molecular formula is C11H13ClN6O2. The number of carbonyl (C=O) groups is 1. The van der Waals surface area contributed by atoms with Crippen LogP contribution in [0.4, 0.5) is 0 Å². The van der Waals surface area contributed by atoms with Crippen LogP contribution in [0.1, 0.15) is 22.4 Å². The monoisotopic (exact) mass is 296 g/mol. The van der Waals surface area contributed by atoms with Crippen LogP contribution < -0.4 is 0 Å².